The van der Waals surface area contributed by atoms with Crippen LogP contribution in [0.4, 0.5) is 4.79 Å². The predicted octanol–water partition coefficient (Wildman–Crippen LogP) is 6.14. The van der Waals surface area contributed by atoms with Gasteiger partial charge in [0.05, 0.1) is 6.61 Å². The lowest BCUT2D eigenvalue weighted by Crippen LogP contribution is -2.16. The van der Waals surface area contributed by atoms with E-state index in [1.165, 1.54) is 43.4 Å². The molecule has 156 valence electrons. The monoisotopic (exact) mass is 396 g/mol. The van der Waals surface area contributed by atoms with Crippen LogP contribution in [0.2, 0.25) is 0 Å². The molecule has 0 fully saturated rings. The van der Waals surface area contributed by atoms with Crippen molar-refractivity contribution in [3.05, 3.63) is 41.7 Å². The number of aryl methyl sites for hydroxylation is 1. The average Bonchev–Trinajstić information content (AvgIpc) is 2.74. The minimum atomic E-state index is -0.662. The Balaban J connectivity index is 1.58. The molecule has 0 radical (unpaired) electrons. The van der Waals surface area contributed by atoms with Crippen LogP contribution in [-0.2, 0) is 17.6 Å². The Morgan fingerprint density at radius 1 is 1.10 bits per heavy atom. The smallest absolute Gasteiger partial charge is 0.434 e. The standard InChI is InChI=1S/C24H32N2O3/c1-3-5-7-8-18-9-14-22-20(16-18)17-25-23(26-22)19-10-12-21(13-11-19)29-24(27)28-15-6-4-2/h10-13,17-18H,3-9,14-16H2,1-2H3. The number of hydrogen-bond donors (Lipinski definition) is 0. The van der Waals surface area contributed by atoms with E-state index in [0.29, 0.717) is 12.4 Å². The number of benzene rings is 1. The van der Waals surface area contributed by atoms with Crippen LogP contribution in [0.25, 0.3) is 11.4 Å². The molecule has 0 aliphatic heterocycles. The number of unbranched alkanes of at least 4 members (excludes halogenated alkanes) is 3. The van der Waals surface area contributed by atoms with E-state index >= 15 is 0 Å². The number of ether oxygens (including phenoxy) is 2. The van der Waals surface area contributed by atoms with Gasteiger partial charge in [0.15, 0.2) is 5.82 Å². The quantitative estimate of drug-likeness (QED) is 0.289. The van der Waals surface area contributed by atoms with Gasteiger partial charge in [-0.1, -0.05) is 46.0 Å². The first-order valence-corrected chi connectivity index (χ1v) is 11.0. The summed E-state index contributed by atoms with van der Waals surface area (Å²) < 4.78 is 10.2. The summed E-state index contributed by atoms with van der Waals surface area (Å²) in [7, 11) is 0. The minimum absolute atomic E-state index is 0.385. The van der Waals surface area contributed by atoms with Gasteiger partial charge in [0.2, 0.25) is 0 Å². The van der Waals surface area contributed by atoms with E-state index in [1.54, 1.807) is 12.1 Å². The van der Waals surface area contributed by atoms with Gasteiger partial charge in [-0.25, -0.2) is 14.8 Å². The fourth-order valence-corrected chi connectivity index (χ4v) is 3.75. The van der Waals surface area contributed by atoms with Crippen LogP contribution in [0, 0.1) is 5.92 Å². The molecule has 5 heteroatoms. The molecule has 2 aromatic rings. The predicted molar refractivity (Wildman–Crippen MR) is 114 cm³/mol. The van der Waals surface area contributed by atoms with Crippen LogP contribution in [0.15, 0.2) is 30.5 Å². The Hall–Kier alpha value is -2.43. The second-order valence-electron chi connectivity index (χ2n) is 7.85. The summed E-state index contributed by atoms with van der Waals surface area (Å²) >= 11 is 0. The molecule has 29 heavy (non-hydrogen) atoms. The fraction of sp³-hybridized carbons (Fsp3) is 0.542. The van der Waals surface area contributed by atoms with E-state index in [2.05, 4.69) is 11.9 Å². The maximum Gasteiger partial charge on any atom is 0.513 e. The van der Waals surface area contributed by atoms with Gasteiger partial charge < -0.3 is 9.47 Å². The second kappa shape index (κ2) is 10.9. The van der Waals surface area contributed by atoms with Crippen molar-refractivity contribution in [2.75, 3.05) is 6.61 Å². The van der Waals surface area contributed by atoms with Crippen molar-refractivity contribution in [3.8, 4) is 17.1 Å². The van der Waals surface area contributed by atoms with Crippen LogP contribution < -0.4 is 4.74 Å². The molecule has 3 rings (SSSR count). The number of hydrogen-bond acceptors (Lipinski definition) is 5. The van der Waals surface area contributed by atoms with Gasteiger partial charge in [0.25, 0.3) is 0 Å². The van der Waals surface area contributed by atoms with Gasteiger partial charge in [0.1, 0.15) is 5.75 Å². The van der Waals surface area contributed by atoms with Crippen molar-refractivity contribution in [3.63, 3.8) is 0 Å². The highest BCUT2D eigenvalue weighted by molar-refractivity contribution is 5.65. The molecule has 1 aliphatic rings. The molecule has 0 bridgehead atoms. The van der Waals surface area contributed by atoms with Crippen LogP contribution in [0.5, 0.6) is 5.75 Å². The lowest BCUT2D eigenvalue weighted by atomic mass is 9.84. The number of rotatable bonds is 9. The van der Waals surface area contributed by atoms with Crippen LogP contribution >= 0.6 is 0 Å². The molecule has 0 amide bonds. The molecule has 1 aliphatic carbocycles. The van der Waals surface area contributed by atoms with Crippen molar-refractivity contribution in [2.45, 2.75) is 71.6 Å². The molecule has 5 nitrogen and oxygen atoms in total. The van der Waals surface area contributed by atoms with E-state index in [4.69, 9.17) is 14.5 Å². The lowest BCUT2D eigenvalue weighted by Gasteiger charge is -2.23. The summed E-state index contributed by atoms with van der Waals surface area (Å²) in [4.78, 5) is 21.0. The molecular formula is C24H32N2O3. The Labute approximate surface area is 173 Å². The number of fused-ring (bicyclic) bond motifs is 1. The molecule has 0 saturated heterocycles. The summed E-state index contributed by atoms with van der Waals surface area (Å²) in [6.45, 7) is 4.68. The maximum absolute atomic E-state index is 11.6. The molecule has 0 spiro atoms. The highest BCUT2D eigenvalue weighted by atomic mass is 16.7. The molecule has 1 unspecified atom stereocenters. The molecule has 1 atom stereocenters. The van der Waals surface area contributed by atoms with E-state index in [0.717, 1.165) is 43.0 Å². The highest BCUT2D eigenvalue weighted by Gasteiger charge is 2.20. The first kappa shape index (κ1) is 21.3. The molecule has 1 heterocycles. The normalized spacial score (nSPS) is 15.6. The zero-order valence-corrected chi connectivity index (χ0v) is 17.7. The van der Waals surface area contributed by atoms with Crippen molar-refractivity contribution in [1.82, 2.24) is 9.97 Å². The molecule has 0 N–H and O–H groups in total. The lowest BCUT2D eigenvalue weighted by molar-refractivity contribution is 0.0978. The van der Waals surface area contributed by atoms with E-state index in [9.17, 15) is 4.79 Å². The van der Waals surface area contributed by atoms with E-state index in [-0.39, 0.29) is 0 Å². The summed E-state index contributed by atoms with van der Waals surface area (Å²) in [5.74, 6) is 1.96. The topological polar surface area (TPSA) is 61.3 Å². The number of carbonyl (C=O) groups excluding carboxylic acids is 1. The summed E-state index contributed by atoms with van der Waals surface area (Å²) in [5.41, 5.74) is 3.41. The van der Waals surface area contributed by atoms with Gasteiger partial charge in [-0.05, 0) is 61.4 Å². The Bertz CT molecular complexity index is 789. The highest BCUT2D eigenvalue weighted by Crippen LogP contribution is 2.29. The van der Waals surface area contributed by atoms with Crippen LogP contribution in [-0.4, -0.2) is 22.7 Å². The SMILES string of the molecule is CCCCCC1CCc2nc(-c3ccc(OC(=O)OCCCC)cc3)ncc2C1. The van der Waals surface area contributed by atoms with Crippen molar-refractivity contribution in [1.29, 1.82) is 0 Å². The summed E-state index contributed by atoms with van der Waals surface area (Å²) in [6, 6.07) is 7.27. The Morgan fingerprint density at radius 3 is 2.66 bits per heavy atom. The summed E-state index contributed by atoms with van der Waals surface area (Å²) in [5, 5.41) is 0. The molecule has 1 aromatic carbocycles. The van der Waals surface area contributed by atoms with Crippen molar-refractivity contribution in [2.24, 2.45) is 5.92 Å². The van der Waals surface area contributed by atoms with Crippen molar-refractivity contribution >= 4 is 6.16 Å². The van der Waals surface area contributed by atoms with Crippen LogP contribution in [0.1, 0.15) is 70.1 Å². The fourth-order valence-electron chi connectivity index (χ4n) is 3.75. The number of carbonyl (C=O) groups is 1. The third-order valence-corrected chi connectivity index (χ3v) is 5.50. The minimum Gasteiger partial charge on any atom is -0.434 e. The third-order valence-electron chi connectivity index (χ3n) is 5.50. The average molecular weight is 397 g/mol. The third kappa shape index (κ3) is 6.28. The van der Waals surface area contributed by atoms with Crippen LogP contribution in [0.3, 0.4) is 0 Å². The van der Waals surface area contributed by atoms with Gasteiger partial charge in [-0.2, -0.15) is 0 Å². The first-order chi connectivity index (χ1) is 14.2. The Morgan fingerprint density at radius 2 is 1.90 bits per heavy atom. The largest absolute Gasteiger partial charge is 0.513 e. The molecule has 0 saturated carbocycles. The second-order valence-corrected chi connectivity index (χ2v) is 7.85. The maximum atomic E-state index is 11.6. The van der Waals surface area contributed by atoms with Gasteiger partial charge in [0, 0.05) is 17.5 Å². The van der Waals surface area contributed by atoms with Crippen molar-refractivity contribution < 1.29 is 14.3 Å². The molecule has 1 aromatic heterocycles. The number of aromatic nitrogens is 2. The number of nitrogens with zero attached hydrogens (tertiary/aromatic N) is 2. The van der Waals surface area contributed by atoms with E-state index in [1.807, 2.05) is 25.3 Å². The van der Waals surface area contributed by atoms with Gasteiger partial charge >= 0.3 is 6.16 Å². The van der Waals surface area contributed by atoms with Gasteiger partial charge in [-0.15, -0.1) is 0 Å². The zero-order chi connectivity index (χ0) is 20.5. The molecular weight excluding hydrogens is 364 g/mol. The summed E-state index contributed by atoms with van der Waals surface area (Å²) in [6.07, 6.45) is 11.8. The zero-order valence-electron chi connectivity index (χ0n) is 17.7. The van der Waals surface area contributed by atoms with Gasteiger partial charge in [-0.3, -0.25) is 0 Å². The van der Waals surface area contributed by atoms with E-state index < -0.39 is 6.16 Å². The Kier molecular flexibility index (Phi) is 8.03. The first-order valence-electron chi connectivity index (χ1n) is 11.0.